The number of rotatable bonds is 7. The molecule has 0 saturated carbocycles. The van der Waals surface area contributed by atoms with Gasteiger partial charge < -0.3 is 24.4 Å². The lowest BCUT2D eigenvalue weighted by Crippen LogP contribution is -2.52. The fourth-order valence-electron chi connectivity index (χ4n) is 3.10. The van der Waals surface area contributed by atoms with Crippen LogP contribution in [-0.4, -0.2) is 83.3 Å². The number of piperazine rings is 1. The second-order valence-corrected chi connectivity index (χ2v) is 6.12. The molecule has 152 valence electrons. The molecule has 1 N–H and O–H groups in total. The van der Waals surface area contributed by atoms with E-state index < -0.39 is 13.0 Å². The zero-order valence-electron chi connectivity index (χ0n) is 16.3. The van der Waals surface area contributed by atoms with Crippen molar-refractivity contribution in [3.8, 4) is 17.2 Å². The lowest BCUT2D eigenvalue weighted by atomic mass is 10.1. The number of aliphatic imine (C=N–C) groups is 1. The maximum Gasteiger partial charge on any atom is 0.255 e. The van der Waals surface area contributed by atoms with Crippen LogP contribution in [0.25, 0.3) is 0 Å². The summed E-state index contributed by atoms with van der Waals surface area (Å²) in [4.78, 5) is 8.37. The molecule has 1 heterocycles. The van der Waals surface area contributed by atoms with E-state index in [9.17, 15) is 8.78 Å². The summed E-state index contributed by atoms with van der Waals surface area (Å²) in [5, 5.41) is 2.71. The number of hydrogen-bond acceptors (Lipinski definition) is 5. The predicted octanol–water partition coefficient (Wildman–Crippen LogP) is 1.67. The van der Waals surface area contributed by atoms with E-state index in [0.29, 0.717) is 36.3 Å². The van der Waals surface area contributed by atoms with E-state index in [-0.39, 0.29) is 0 Å². The van der Waals surface area contributed by atoms with Crippen molar-refractivity contribution in [1.29, 1.82) is 0 Å². The molecule has 2 rings (SSSR count). The van der Waals surface area contributed by atoms with E-state index in [4.69, 9.17) is 14.2 Å². The van der Waals surface area contributed by atoms with Crippen molar-refractivity contribution in [2.75, 3.05) is 61.1 Å². The first-order valence-electron chi connectivity index (χ1n) is 8.77. The summed E-state index contributed by atoms with van der Waals surface area (Å²) in [5.74, 6) is 2.34. The molecular weight excluding hydrogens is 358 g/mol. The second kappa shape index (κ2) is 10.1. The molecule has 0 aliphatic carbocycles. The fraction of sp³-hybridized carbons (Fsp3) is 0.611. The zero-order valence-corrected chi connectivity index (χ0v) is 16.3. The summed E-state index contributed by atoms with van der Waals surface area (Å²) in [7, 11) is 6.38. The molecule has 0 atom stereocenters. The fourth-order valence-corrected chi connectivity index (χ4v) is 3.10. The summed E-state index contributed by atoms with van der Waals surface area (Å²) in [6.07, 6.45) is -2.40. The Hall–Kier alpha value is -2.29. The van der Waals surface area contributed by atoms with E-state index in [1.807, 2.05) is 17.0 Å². The standard InChI is InChI=1S/C18H28F2N4O3/c1-21-18(22-11-16(19)20)24-7-5-23(6-8-24)12-13-9-14(25-2)17(27-4)15(10-13)26-3/h9-10,16H,5-8,11-12H2,1-4H3,(H,21,22). The van der Waals surface area contributed by atoms with Gasteiger partial charge in [-0.1, -0.05) is 0 Å². The minimum atomic E-state index is -2.40. The maximum atomic E-state index is 12.4. The first-order chi connectivity index (χ1) is 13.0. The summed E-state index contributed by atoms with van der Waals surface area (Å²) < 4.78 is 41.0. The van der Waals surface area contributed by atoms with Gasteiger partial charge in [0.1, 0.15) is 0 Å². The Morgan fingerprint density at radius 2 is 1.67 bits per heavy atom. The quantitative estimate of drug-likeness (QED) is 0.568. The summed E-state index contributed by atoms with van der Waals surface area (Å²) >= 11 is 0. The third-order valence-electron chi connectivity index (χ3n) is 4.43. The van der Waals surface area contributed by atoms with Crippen LogP contribution in [-0.2, 0) is 6.54 Å². The highest BCUT2D eigenvalue weighted by Gasteiger charge is 2.21. The minimum Gasteiger partial charge on any atom is -0.493 e. The molecule has 0 amide bonds. The number of ether oxygens (including phenoxy) is 3. The number of nitrogens with one attached hydrogen (secondary N) is 1. The second-order valence-electron chi connectivity index (χ2n) is 6.12. The molecule has 9 heteroatoms. The molecule has 1 aromatic rings. The number of alkyl halides is 2. The largest absolute Gasteiger partial charge is 0.493 e. The van der Waals surface area contributed by atoms with Gasteiger partial charge in [0.25, 0.3) is 6.43 Å². The number of nitrogens with zero attached hydrogens (tertiary/aromatic N) is 3. The van der Waals surface area contributed by atoms with E-state index in [1.165, 1.54) is 0 Å². The molecule has 1 aromatic carbocycles. The number of guanidine groups is 1. The molecule has 0 bridgehead atoms. The van der Waals surface area contributed by atoms with Crippen molar-refractivity contribution in [3.63, 3.8) is 0 Å². The highest BCUT2D eigenvalue weighted by Crippen LogP contribution is 2.38. The van der Waals surface area contributed by atoms with E-state index in [1.54, 1.807) is 28.4 Å². The van der Waals surface area contributed by atoms with Crippen LogP contribution in [0.3, 0.4) is 0 Å². The lowest BCUT2D eigenvalue weighted by Gasteiger charge is -2.36. The van der Waals surface area contributed by atoms with Crippen LogP contribution >= 0.6 is 0 Å². The topological polar surface area (TPSA) is 58.6 Å². The summed E-state index contributed by atoms with van der Waals surface area (Å²) in [6.45, 7) is 3.37. The van der Waals surface area contributed by atoms with Gasteiger partial charge in [-0.05, 0) is 17.7 Å². The Morgan fingerprint density at radius 3 is 2.11 bits per heavy atom. The summed E-state index contributed by atoms with van der Waals surface area (Å²) in [5.41, 5.74) is 1.05. The molecule has 0 spiro atoms. The molecule has 1 aliphatic heterocycles. The normalized spacial score (nSPS) is 15.8. The van der Waals surface area contributed by atoms with Crippen LogP contribution < -0.4 is 19.5 Å². The van der Waals surface area contributed by atoms with Crippen molar-refractivity contribution >= 4 is 5.96 Å². The number of benzene rings is 1. The first-order valence-corrected chi connectivity index (χ1v) is 8.77. The van der Waals surface area contributed by atoms with Crippen LogP contribution in [0.5, 0.6) is 17.2 Å². The maximum absolute atomic E-state index is 12.4. The SMILES string of the molecule is CN=C(NCC(F)F)N1CCN(Cc2cc(OC)c(OC)c(OC)c2)CC1. The monoisotopic (exact) mass is 386 g/mol. The zero-order chi connectivity index (χ0) is 19.8. The van der Waals surface area contributed by atoms with Gasteiger partial charge in [-0.3, -0.25) is 9.89 Å². The third-order valence-corrected chi connectivity index (χ3v) is 4.43. The van der Waals surface area contributed by atoms with Crippen LogP contribution in [0, 0.1) is 0 Å². The molecule has 27 heavy (non-hydrogen) atoms. The van der Waals surface area contributed by atoms with Gasteiger partial charge in [0.15, 0.2) is 17.5 Å². The van der Waals surface area contributed by atoms with Gasteiger partial charge in [-0.25, -0.2) is 8.78 Å². The highest BCUT2D eigenvalue weighted by atomic mass is 19.3. The van der Waals surface area contributed by atoms with E-state index in [0.717, 1.165) is 25.2 Å². The molecule has 7 nitrogen and oxygen atoms in total. The van der Waals surface area contributed by atoms with Gasteiger partial charge in [-0.2, -0.15) is 0 Å². The number of methoxy groups -OCH3 is 3. The van der Waals surface area contributed by atoms with Gasteiger partial charge in [0.05, 0.1) is 27.9 Å². The number of halogens is 2. The Bertz CT molecular complexity index is 610. The Kier molecular flexibility index (Phi) is 7.90. The van der Waals surface area contributed by atoms with Gasteiger partial charge >= 0.3 is 0 Å². The van der Waals surface area contributed by atoms with Crippen LogP contribution in [0.4, 0.5) is 8.78 Å². The summed E-state index contributed by atoms with van der Waals surface area (Å²) in [6, 6.07) is 3.88. The predicted molar refractivity (Wildman–Crippen MR) is 100 cm³/mol. The smallest absolute Gasteiger partial charge is 0.255 e. The Balaban J connectivity index is 1.97. The van der Waals surface area contributed by atoms with E-state index >= 15 is 0 Å². The van der Waals surface area contributed by atoms with Crippen LogP contribution in [0.15, 0.2) is 17.1 Å². The molecule has 1 fully saturated rings. The Labute approximate surface area is 158 Å². The van der Waals surface area contributed by atoms with Crippen LogP contribution in [0.1, 0.15) is 5.56 Å². The average molecular weight is 386 g/mol. The highest BCUT2D eigenvalue weighted by molar-refractivity contribution is 5.80. The van der Waals surface area contributed by atoms with Crippen molar-refractivity contribution in [2.45, 2.75) is 13.0 Å². The van der Waals surface area contributed by atoms with Gasteiger partial charge in [0.2, 0.25) is 5.75 Å². The van der Waals surface area contributed by atoms with E-state index in [2.05, 4.69) is 15.2 Å². The molecular formula is C18H28F2N4O3. The number of hydrogen-bond donors (Lipinski definition) is 1. The minimum absolute atomic E-state index is 0.391. The van der Waals surface area contributed by atoms with Crippen molar-refractivity contribution in [3.05, 3.63) is 17.7 Å². The van der Waals surface area contributed by atoms with Crippen LogP contribution in [0.2, 0.25) is 0 Å². The first kappa shape index (κ1) is 21.0. The molecule has 0 radical (unpaired) electrons. The van der Waals surface area contributed by atoms with Gasteiger partial charge in [0, 0.05) is 39.8 Å². The molecule has 0 aromatic heterocycles. The van der Waals surface area contributed by atoms with Gasteiger partial charge in [-0.15, -0.1) is 0 Å². The molecule has 0 unspecified atom stereocenters. The van der Waals surface area contributed by atoms with Crippen molar-refractivity contribution in [2.24, 2.45) is 4.99 Å². The molecule has 1 aliphatic rings. The molecule has 1 saturated heterocycles. The third kappa shape index (κ3) is 5.59. The lowest BCUT2D eigenvalue weighted by molar-refractivity contribution is 0.146. The van der Waals surface area contributed by atoms with Crippen molar-refractivity contribution in [1.82, 2.24) is 15.1 Å². The average Bonchev–Trinajstić information content (AvgIpc) is 2.68. The van der Waals surface area contributed by atoms with Crippen molar-refractivity contribution < 1.29 is 23.0 Å². The Morgan fingerprint density at radius 1 is 1.07 bits per heavy atom.